The zero-order valence-electron chi connectivity index (χ0n) is 12.0. The van der Waals surface area contributed by atoms with E-state index in [-0.39, 0.29) is 5.60 Å². The van der Waals surface area contributed by atoms with Gasteiger partial charge in [0.2, 0.25) is 0 Å². The van der Waals surface area contributed by atoms with Gasteiger partial charge in [0.1, 0.15) is 0 Å². The molecule has 3 nitrogen and oxygen atoms in total. The minimum absolute atomic E-state index is 0.141. The van der Waals surface area contributed by atoms with E-state index in [1.807, 2.05) is 0 Å². The summed E-state index contributed by atoms with van der Waals surface area (Å²) in [5.74, 6) is 0.786. The highest BCUT2D eigenvalue weighted by Gasteiger charge is 2.40. The Hall–Kier alpha value is -0.120. The van der Waals surface area contributed by atoms with Crippen LogP contribution in [-0.4, -0.2) is 38.0 Å². The monoisotopic (exact) mass is 255 g/mol. The molecular formula is C15H29NO2. The molecule has 1 spiro atoms. The molecule has 18 heavy (non-hydrogen) atoms. The van der Waals surface area contributed by atoms with E-state index in [0.717, 1.165) is 45.1 Å². The van der Waals surface area contributed by atoms with Crippen molar-refractivity contribution in [3.05, 3.63) is 0 Å². The molecule has 0 aliphatic carbocycles. The van der Waals surface area contributed by atoms with Gasteiger partial charge in [-0.2, -0.15) is 0 Å². The Kier molecular flexibility index (Phi) is 5.46. The van der Waals surface area contributed by atoms with Gasteiger partial charge < -0.3 is 14.8 Å². The van der Waals surface area contributed by atoms with E-state index < -0.39 is 0 Å². The minimum Gasteiger partial charge on any atom is -0.381 e. The van der Waals surface area contributed by atoms with Gasteiger partial charge >= 0.3 is 0 Å². The highest BCUT2D eigenvalue weighted by atomic mass is 16.5. The molecule has 3 heteroatoms. The maximum Gasteiger partial charge on any atom is 0.0729 e. The van der Waals surface area contributed by atoms with E-state index in [4.69, 9.17) is 9.47 Å². The number of ether oxygens (including phenoxy) is 2. The molecule has 2 heterocycles. The van der Waals surface area contributed by atoms with Gasteiger partial charge in [-0.1, -0.05) is 13.8 Å². The zero-order valence-corrected chi connectivity index (χ0v) is 12.0. The van der Waals surface area contributed by atoms with Crippen LogP contribution < -0.4 is 5.32 Å². The van der Waals surface area contributed by atoms with Crippen molar-refractivity contribution < 1.29 is 9.47 Å². The molecule has 2 rings (SSSR count). The van der Waals surface area contributed by atoms with Gasteiger partial charge in [0.05, 0.1) is 5.60 Å². The number of rotatable bonds is 5. The molecule has 0 aromatic rings. The van der Waals surface area contributed by atoms with E-state index >= 15 is 0 Å². The third kappa shape index (κ3) is 3.46. The maximum absolute atomic E-state index is 6.13. The molecular weight excluding hydrogens is 226 g/mol. The summed E-state index contributed by atoms with van der Waals surface area (Å²) in [5, 5.41) is 3.72. The van der Waals surface area contributed by atoms with Gasteiger partial charge in [0.15, 0.2) is 0 Å². The molecule has 0 radical (unpaired) electrons. The maximum atomic E-state index is 6.13. The lowest BCUT2D eigenvalue weighted by Gasteiger charge is -2.45. The van der Waals surface area contributed by atoms with Crippen LogP contribution in [0.3, 0.4) is 0 Å². The highest BCUT2D eigenvalue weighted by Crippen LogP contribution is 2.38. The molecule has 106 valence electrons. The number of nitrogens with one attached hydrogen (secondary N) is 1. The van der Waals surface area contributed by atoms with Gasteiger partial charge in [-0.05, 0) is 51.0 Å². The normalized spacial score (nSPS) is 29.3. The fraction of sp³-hybridized carbons (Fsp3) is 1.00. The fourth-order valence-electron chi connectivity index (χ4n) is 3.48. The average molecular weight is 255 g/mol. The fourth-order valence-corrected chi connectivity index (χ4v) is 3.48. The second kappa shape index (κ2) is 6.88. The van der Waals surface area contributed by atoms with E-state index in [1.165, 1.54) is 25.7 Å². The summed E-state index contributed by atoms with van der Waals surface area (Å²) in [6, 6.07) is 0.675. The molecule has 1 N–H and O–H groups in total. The Balaban J connectivity index is 1.91. The van der Waals surface area contributed by atoms with Crippen molar-refractivity contribution in [1.82, 2.24) is 5.32 Å². The van der Waals surface area contributed by atoms with Crippen LogP contribution in [0.25, 0.3) is 0 Å². The van der Waals surface area contributed by atoms with Crippen molar-refractivity contribution in [3.8, 4) is 0 Å². The average Bonchev–Trinajstić information content (AvgIpc) is 2.41. The molecule has 0 aromatic heterocycles. The van der Waals surface area contributed by atoms with Crippen LogP contribution in [0, 0.1) is 5.92 Å². The van der Waals surface area contributed by atoms with Gasteiger partial charge in [-0.25, -0.2) is 0 Å². The van der Waals surface area contributed by atoms with Crippen molar-refractivity contribution in [2.75, 3.05) is 26.4 Å². The first-order valence-corrected chi connectivity index (χ1v) is 7.75. The summed E-state index contributed by atoms with van der Waals surface area (Å²) in [4.78, 5) is 0. The van der Waals surface area contributed by atoms with Gasteiger partial charge in [0, 0.05) is 25.9 Å². The van der Waals surface area contributed by atoms with Crippen LogP contribution in [0.2, 0.25) is 0 Å². The predicted molar refractivity (Wildman–Crippen MR) is 73.8 cm³/mol. The molecule has 0 aromatic carbocycles. The largest absolute Gasteiger partial charge is 0.381 e. The standard InChI is InChI=1S/C15H29NO2/c1-3-8-16-14(4-2)13-5-9-18-15(12-13)6-10-17-11-7-15/h13-14,16H,3-12H2,1-2H3. The quantitative estimate of drug-likeness (QED) is 0.819. The van der Waals surface area contributed by atoms with E-state index in [0.29, 0.717) is 6.04 Å². The molecule has 2 fully saturated rings. The SMILES string of the molecule is CCCNC(CC)C1CCOC2(CCOCC2)C1. The minimum atomic E-state index is 0.141. The zero-order chi connectivity index (χ0) is 12.8. The smallest absolute Gasteiger partial charge is 0.0729 e. The molecule has 0 saturated carbocycles. The lowest BCUT2D eigenvalue weighted by Crippen LogP contribution is -2.49. The highest BCUT2D eigenvalue weighted by molar-refractivity contribution is 4.92. The first-order chi connectivity index (χ1) is 8.79. The third-order valence-corrected chi connectivity index (χ3v) is 4.60. The van der Waals surface area contributed by atoms with E-state index in [9.17, 15) is 0 Å². The first kappa shape index (κ1) is 14.3. The summed E-state index contributed by atoms with van der Waals surface area (Å²) >= 11 is 0. The Morgan fingerprint density at radius 1 is 1.22 bits per heavy atom. The Labute approximate surface area is 112 Å². The Morgan fingerprint density at radius 3 is 2.67 bits per heavy atom. The second-order valence-electron chi connectivity index (χ2n) is 5.87. The summed E-state index contributed by atoms with van der Waals surface area (Å²) < 4.78 is 11.6. The van der Waals surface area contributed by atoms with Crippen molar-refractivity contribution in [3.63, 3.8) is 0 Å². The molecule has 0 amide bonds. The molecule has 2 atom stereocenters. The van der Waals surface area contributed by atoms with E-state index in [2.05, 4.69) is 19.2 Å². The molecule has 0 bridgehead atoms. The van der Waals surface area contributed by atoms with Crippen LogP contribution in [0.5, 0.6) is 0 Å². The summed E-state index contributed by atoms with van der Waals surface area (Å²) in [5.41, 5.74) is 0.141. The Bertz CT molecular complexity index is 233. The van der Waals surface area contributed by atoms with Gasteiger partial charge in [0.25, 0.3) is 0 Å². The molecule has 2 saturated heterocycles. The van der Waals surface area contributed by atoms with Crippen molar-refractivity contribution in [2.45, 2.75) is 64.0 Å². The molecule has 2 aliphatic rings. The van der Waals surface area contributed by atoms with Crippen LogP contribution in [-0.2, 0) is 9.47 Å². The van der Waals surface area contributed by atoms with Crippen LogP contribution in [0.4, 0.5) is 0 Å². The summed E-state index contributed by atoms with van der Waals surface area (Å²) in [7, 11) is 0. The number of hydrogen-bond donors (Lipinski definition) is 1. The second-order valence-corrected chi connectivity index (χ2v) is 5.87. The lowest BCUT2D eigenvalue weighted by atomic mass is 9.77. The van der Waals surface area contributed by atoms with Crippen molar-refractivity contribution in [1.29, 1.82) is 0 Å². The van der Waals surface area contributed by atoms with Crippen LogP contribution in [0.15, 0.2) is 0 Å². The third-order valence-electron chi connectivity index (χ3n) is 4.60. The van der Waals surface area contributed by atoms with Crippen molar-refractivity contribution in [2.24, 2.45) is 5.92 Å². The van der Waals surface area contributed by atoms with E-state index in [1.54, 1.807) is 0 Å². The first-order valence-electron chi connectivity index (χ1n) is 7.75. The Morgan fingerprint density at radius 2 is 2.00 bits per heavy atom. The predicted octanol–water partition coefficient (Wildman–Crippen LogP) is 2.74. The summed E-state index contributed by atoms with van der Waals surface area (Å²) in [6.45, 7) is 8.39. The summed E-state index contributed by atoms with van der Waals surface area (Å²) in [6.07, 6.45) is 7.08. The lowest BCUT2D eigenvalue weighted by molar-refractivity contribution is -0.150. The van der Waals surface area contributed by atoms with Crippen LogP contribution >= 0.6 is 0 Å². The topological polar surface area (TPSA) is 30.5 Å². The van der Waals surface area contributed by atoms with Crippen LogP contribution in [0.1, 0.15) is 52.4 Å². The van der Waals surface area contributed by atoms with Gasteiger partial charge in [-0.3, -0.25) is 0 Å². The number of hydrogen-bond acceptors (Lipinski definition) is 3. The van der Waals surface area contributed by atoms with Crippen molar-refractivity contribution >= 4 is 0 Å². The molecule has 2 unspecified atom stereocenters. The molecule has 2 aliphatic heterocycles. The van der Waals surface area contributed by atoms with Gasteiger partial charge in [-0.15, -0.1) is 0 Å².